The van der Waals surface area contributed by atoms with Crippen molar-refractivity contribution < 1.29 is 0 Å². The molecule has 0 spiro atoms. The molecule has 0 amide bonds. The maximum Gasteiger partial charge on any atom is 0.00596 e. The van der Waals surface area contributed by atoms with Gasteiger partial charge in [-0.05, 0) is 30.6 Å². The normalized spacial score (nSPS) is 14.8. The molecule has 0 aliphatic carbocycles. The van der Waals surface area contributed by atoms with E-state index in [1.807, 2.05) is 0 Å². The summed E-state index contributed by atoms with van der Waals surface area (Å²) < 4.78 is 0. The maximum absolute atomic E-state index is 3.58. The average molecular weight is 235 g/mol. The highest BCUT2D eigenvalue weighted by Crippen LogP contribution is 2.26. The van der Waals surface area contributed by atoms with Crippen molar-refractivity contribution in [2.75, 3.05) is 5.33 Å². The summed E-state index contributed by atoms with van der Waals surface area (Å²) in [7, 11) is 0. The molecule has 0 fully saturated rings. The van der Waals surface area contributed by atoms with Crippen molar-refractivity contribution >= 4 is 15.9 Å². The van der Waals surface area contributed by atoms with Crippen LogP contribution in [0.3, 0.4) is 0 Å². The number of halogens is 1. The first-order valence-corrected chi connectivity index (χ1v) is 6.17. The lowest BCUT2D eigenvalue weighted by molar-refractivity contribution is 0.325. The molecule has 0 saturated carbocycles. The van der Waals surface area contributed by atoms with Gasteiger partial charge in [0.15, 0.2) is 0 Å². The molecule has 0 aliphatic heterocycles. The smallest absolute Gasteiger partial charge is 0.00596 e. The molecule has 0 radical (unpaired) electrons. The first-order valence-electron chi connectivity index (χ1n) is 5.05. The molecule has 0 N–H and O–H groups in total. The lowest BCUT2D eigenvalue weighted by atomic mass is 9.86. The Morgan fingerprint density at radius 2 is 1.75 bits per heavy atom. The first-order chi connectivity index (χ1) is 5.49. The van der Waals surface area contributed by atoms with Crippen LogP contribution in [0.15, 0.2) is 0 Å². The zero-order valence-electron chi connectivity index (χ0n) is 8.99. The summed E-state index contributed by atoms with van der Waals surface area (Å²) in [6, 6.07) is 0. The Morgan fingerprint density at radius 1 is 1.17 bits per heavy atom. The van der Waals surface area contributed by atoms with Gasteiger partial charge in [0.25, 0.3) is 0 Å². The quantitative estimate of drug-likeness (QED) is 0.610. The van der Waals surface area contributed by atoms with Gasteiger partial charge in [0, 0.05) is 5.33 Å². The molecule has 0 aromatic carbocycles. The van der Waals surface area contributed by atoms with Crippen LogP contribution >= 0.6 is 15.9 Å². The van der Waals surface area contributed by atoms with Crippen LogP contribution < -0.4 is 0 Å². The molecule has 0 rings (SSSR count). The second-order valence-electron chi connectivity index (χ2n) is 4.91. The molecular formula is C11H23Br. The second kappa shape index (κ2) is 6.01. The van der Waals surface area contributed by atoms with Crippen LogP contribution in [-0.4, -0.2) is 5.33 Å². The van der Waals surface area contributed by atoms with Gasteiger partial charge in [0.1, 0.15) is 0 Å². The molecular weight excluding hydrogens is 212 g/mol. The molecule has 1 unspecified atom stereocenters. The van der Waals surface area contributed by atoms with Crippen molar-refractivity contribution in [3.63, 3.8) is 0 Å². The van der Waals surface area contributed by atoms with E-state index >= 15 is 0 Å². The average Bonchev–Trinajstić information content (AvgIpc) is 1.96. The number of rotatable bonds is 5. The lowest BCUT2D eigenvalue weighted by Gasteiger charge is -2.21. The Hall–Kier alpha value is 0.480. The molecule has 0 heterocycles. The van der Waals surface area contributed by atoms with E-state index in [1.165, 1.54) is 31.0 Å². The van der Waals surface area contributed by atoms with Crippen LogP contribution in [0.5, 0.6) is 0 Å². The van der Waals surface area contributed by atoms with Gasteiger partial charge in [-0.3, -0.25) is 0 Å². The van der Waals surface area contributed by atoms with E-state index in [0.717, 1.165) is 5.92 Å². The third kappa shape index (κ3) is 7.15. The van der Waals surface area contributed by atoms with Gasteiger partial charge in [-0.15, -0.1) is 0 Å². The molecule has 0 aromatic rings. The molecule has 12 heavy (non-hydrogen) atoms. The fourth-order valence-electron chi connectivity index (χ4n) is 1.34. The Labute approximate surface area is 86.3 Å². The van der Waals surface area contributed by atoms with Crippen molar-refractivity contribution in [3.05, 3.63) is 0 Å². The van der Waals surface area contributed by atoms with Crippen LogP contribution in [-0.2, 0) is 0 Å². The lowest BCUT2D eigenvalue weighted by Crippen LogP contribution is -2.10. The van der Waals surface area contributed by atoms with E-state index in [-0.39, 0.29) is 0 Å². The van der Waals surface area contributed by atoms with E-state index in [4.69, 9.17) is 0 Å². The summed E-state index contributed by atoms with van der Waals surface area (Å²) >= 11 is 3.58. The van der Waals surface area contributed by atoms with Crippen molar-refractivity contribution in [2.45, 2.75) is 53.4 Å². The van der Waals surface area contributed by atoms with Crippen molar-refractivity contribution in [1.29, 1.82) is 0 Å². The third-order valence-electron chi connectivity index (χ3n) is 2.22. The number of hydrogen-bond donors (Lipinski definition) is 0. The summed E-state index contributed by atoms with van der Waals surface area (Å²) in [4.78, 5) is 0. The van der Waals surface area contributed by atoms with Crippen molar-refractivity contribution in [1.82, 2.24) is 0 Å². The summed E-state index contributed by atoms with van der Waals surface area (Å²) in [6.45, 7) is 9.24. The predicted octanol–water partition coefficient (Wildman–Crippen LogP) is 4.62. The monoisotopic (exact) mass is 234 g/mol. The highest BCUT2D eigenvalue weighted by Gasteiger charge is 2.13. The molecule has 1 heteroatoms. The fourth-order valence-corrected chi connectivity index (χ4v) is 1.99. The van der Waals surface area contributed by atoms with E-state index in [2.05, 4.69) is 43.6 Å². The minimum absolute atomic E-state index is 0.508. The van der Waals surface area contributed by atoms with Crippen LogP contribution in [0.1, 0.15) is 53.4 Å². The van der Waals surface area contributed by atoms with E-state index < -0.39 is 0 Å². The molecule has 1 atom stereocenters. The zero-order valence-corrected chi connectivity index (χ0v) is 10.6. The predicted molar refractivity (Wildman–Crippen MR) is 60.9 cm³/mol. The van der Waals surface area contributed by atoms with Crippen molar-refractivity contribution in [3.8, 4) is 0 Å². The Kier molecular flexibility index (Phi) is 6.25. The van der Waals surface area contributed by atoms with E-state index in [1.54, 1.807) is 0 Å². The summed E-state index contributed by atoms with van der Waals surface area (Å²) in [5.41, 5.74) is 0.508. The van der Waals surface area contributed by atoms with Crippen molar-refractivity contribution in [2.24, 2.45) is 11.3 Å². The molecule has 0 aromatic heterocycles. The van der Waals surface area contributed by atoms with Gasteiger partial charge in [-0.1, -0.05) is 50.0 Å². The molecule has 0 saturated heterocycles. The van der Waals surface area contributed by atoms with E-state index in [9.17, 15) is 0 Å². The van der Waals surface area contributed by atoms with Gasteiger partial charge >= 0.3 is 0 Å². The van der Waals surface area contributed by atoms with Gasteiger partial charge < -0.3 is 0 Å². The summed E-state index contributed by atoms with van der Waals surface area (Å²) in [5.74, 6) is 0.897. The molecule has 0 bridgehead atoms. The van der Waals surface area contributed by atoms with E-state index in [0.29, 0.717) is 5.41 Å². The Bertz CT molecular complexity index is 102. The van der Waals surface area contributed by atoms with Gasteiger partial charge in [0.2, 0.25) is 0 Å². The fraction of sp³-hybridized carbons (Fsp3) is 1.00. The van der Waals surface area contributed by atoms with Crippen LogP contribution in [0.2, 0.25) is 0 Å². The van der Waals surface area contributed by atoms with Gasteiger partial charge in [0.05, 0.1) is 0 Å². The minimum Gasteiger partial charge on any atom is -0.0925 e. The largest absolute Gasteiger partial charge is 0.0925 e. The zero-order chi connectivity index (χ0) is 9.61. The highest BCUT2D eigenvalue weighted by atomic mass is 79.9. The Balaban J connectivity index is 3.58. The van der Waals surface area contributed by atoms with Crippen LogP contribution in [0, 0.1) is 11.3 Å². The molecule has 0 aliphatic rings. The van der Waals surface area contributed by atoms with Crippen LogP contribution in [0.4, 0.5) is 0 Å². The second-order valence-corrected chi connectivity index (χ2v) is 5.56. The Morgan fingerprint density at radius 3 is 2.08 bits per heavy atom. The summed E-state index contributed by atoms with van der Waals surface area (Å²) in [6.07, 6.45) is 5.42. The summed E-state index contributed by atoms with van der Waals surface area (Å²) in [5, 5.41) is 1.18. The van der Waals surface area contributed by atoms with Gasteiger partial charge in [-0.2, -0.15) is 0 Å². The first kappa shape index (κ1) is 12.5. The van der Waals surface area contributed by atoms with Gasteiger partial charge in [-0.25, -0.2) is 0 Å². The topological polar surface area (TPSA) is 0 Å². The minimum atomic E-state index is 0.508. The standard InChI is InChI=1S/C11H23Br/c1-5-6-10(9-12)7-8-11(2,3)4/h10H,5-9H2,1-4H3. The highest BCUT2D eigenvalue weighted by molar-refractivity contribution is 9.09. The number of alkyl halides is 1. The molecule has 74 valence electrons. The number of hydrogen-bond acceptors (Lipinski definition) is 0. The molecule has 0 nitrogen and oxygen atoms in total. The maximum atomic E-state index is 3.58. The van der Waals surface area contributed by atoms with Crippen LogP contribution in [0.25, 0.3) is 0 Å². The SMILES string of the molecule is CCCC(CBr)CCC(C)(C)C. The third-order valence-corrected chi connectivity index (χ3v) is 3.13.